The van der Waals surface area contributed by atoms with Crippen molar-refractivity contribution in [1.82, 2.24) is 10.6 Å². The molecule has 106 valence electrons. The van der Waals surface area contributed by atoms with E-state index in [0.717, 1.165) is 32.6 Å². The molecular weight excluding hydrogens is 228 g/mol. The van der Waals surface area contributed by atoms with Gasteiger partial charge in [0.05, 0.1) is 5.54 Å². The third-order valence-corrected chi connectivity index (χ3v) is 4.22. The van der Waals surface area contributed by atoms with Gasteiger partial charge in [0.1, 0.15) is 0 Å². The van der Waals surface area contributed by atoms with E-state index in [1.807, 2.05) is 20.9 Å². The molecule has 0 aromatic rings. The molecule has 1 aliphatic rings. The fourth-order valence-corrected chi connectivity index (χ4v) is 2.27. The first-order chi connectivity index (χ1) is 8.29. The Kier molecular flexibility index (Phi) is 5.17. The highest BCUT2D eigenvalue weighted by Gasteiger charge is 2.33. The maximum absolute atomic E-state index is 12.0. The number of carbonyl (C=O) groups excluding carboxylic acids is 1. The molecule has 0 spiro atoms. The quantitative estimate of drug-likeness (QED) is 0.785. The second kappa shape index (κ2) is 6.02. The first-order valence-corrected chi connectivity index (χ1v) is 6.84. The smallest absolute Gasteiger partial charge is 0.239 e. The molecule has 0 aromatic carbocycles. The molecule has 4 nitrogen and oxygen atoms in total. The van der Waals surface area contributed by atoms with Crippen molar-refractivity contribution in [3.8, 4) is 0 Å². The van der Waals surface area contributed by atoms with E-state index in [4.69, 9.17) is 4.74 Å². The van der Waals surface area contributed by atoms with Crippen LogP contribution in [0, 0.1) is 11.3 Å². The van der Waals surface area contributed by atoms with Gasteiger partial charge in [0.15, 0.2) is 0 Å². The number of amides is 1. The topological polar surface area (TPSA) is 50.4 Å². The number of carbonyl (C=O) groups is 1. The van der Waals surface area contributed by atoms with Gasteiger partial charge in [0.25, 0.3) is 0 Å². The zero-order valence-electron chi connectivity index (χ0n) is 12.4. The van der Waals surface area contributed by atoms with E-state index in [2.05, 4.69) is 24.5 Å². The Morgan fingerprint density at radius 2 is 1.78 bits per heavy atom. The van der Waals surface area contributed by atoms with E-state index in [1.165, 1.54) is 0 Å². The number of likely N-dealkylation sites (N-methyl/N-ethyl adjacent to an activating group) is 1. The van der Waals surface area contributed by atoms with Gasteiger partial charge < -0.3 is 15.4 Å². The van der Waals surface area contributed by atoms with Crippen molar-refractivity contribution in [2.24, 2.45) is 11.3 Å². The molecule has 1 saturated heterocycles. The second-order valence-electron chi connectivity index (χ2n) is 6.43. The van der Waals surface area contributed by atoms with E-state index >= 15 is 0 Å². The highest BCUT2D eigenvalue weighted by molar-refractivity contribution is 5.85. The molecule has 1 rings (SSSR count). The summed E-state index contributed by atoms with van der Waals surface area (Å²) < 4.78 is 5.39. The molecule has 1 aliphatic heterocycles. The number of hydrogen-bond acceptors (Lipinski definition) is 3. The molecule has 0 radical (unpaired) electrons. The average Bonchev–Trinajstić information content (AvgIpc) is 2.37. The van der Waals surface area contributed by atoms with Crippen molar-refractivity contribution in [2.75, 3.05) is 26.8 Å². The Bertz CT molecular complexity index is 282. The van der Waals surface area contributed by atoms with Gasteiger partial charge in [0, 0.05) is 19.8 Å². The Morgan fingerprint density at radius 3 is 2.28 bits per heavy atom. The molecule has 1 amide bonds. The number of hydrogen-bond donors (Lipinski definition) is 2. The van der Waals surface area contributed by atoms with Gasteiger partial charge in [-0.25, -0.2) is 0 Å². The minimum atomic E-state index is -0.508. The van der Waals surface area contributed by atoms with Crippen LogP contribution in [-0.4, -0.2) is 38.3 Å². The molecule has 2 N–H and O–H groups in total. The summed E-state index contributed by atoms with van der Waals surface area (Å²) in [6.45, 7) is 10.7. The summed E-state index contributed by atoms with van der Waals surface area (Å²) in [6.07, 6.45) is 2.19. The van der Waals surface area contributed by atoms with Crippen molar-refractivity contribution in [1.29, 1.82) is 0 Å². The lowest BCUT2D eigenvalue weighted by molar-refractivity contribution is -0.127. The maximum atomic E-state index is 12.0. The zero-order valence-corrected chi connectivity index (χ0v) is 12.4. The number of ether oxygens (including phenoxy) is 1. The van der Waals surface area contributed by atoms with Crippen LogP contribution in [0.15, 0.2) is 0 Å². The van der Waals surface area contributed by atoms with Gasteiger partial charge in [0.2, 0.25) is 5.91 Å². The van der Waals surface area contributed by atoms with Crippen LogP contribution in [0.3, 0.4) is 0 Å². The van der Waals surface area contributed by atoms with Crippen molar-refractivity contribution >= 4 is 5.91 Å². The highest BCUT2D eigenvalue weighted by Crippen LogP contribution is 2.33. The predicted molar refractivity (Wildman–Crippen MR) is 73.5 cm³/mol. The van der Waals surface area contributed by atoms with Gasteiger partial charge in [-0.3, -0.25) is 4.79 Å². The lowest BCUT2D eigenvalue weighted by Gasteiger charge is -2.37. The van der Waals surface area contributed by atoms with Crippen molar-refractivity contribution < 1.29 is 9.53 Å². The molecule has 18 heavy (non-hydrogen) atoms. The lowest BCUT2D eigenvalue weighted by atomic mass is 9.74. The Morgan fingerprint density at radius 1 is 1.22 bits per heavy atom. The number of rotatable bonds is 5. The Balaban J connectivity index is 2.48. The molecule has 0 unspecified atom stereocenters. The molecule has 1 fully saturated rings. The van der Waals surface area contributed by atoms with Crippen LogP contribution in [-0.2, 0) is 9.53 Å². The van der Waals surface area contributed by atoms with Crippen LogP contribution in [0.1, 0.15) is 40.5 Å². The van der Waals surface area contributed by atoms with E-state index in [-0.39, 0.29) is 11.3 Å². The summed E-state index contributed by atoms with van der Waals surface area (Å²) in [7, 11) is 1.81. The standard InChI is InChI=1S/C14H28N2O2/c1-13(2,11-6-8-18-9-7-11)10-16-12(17)14(3,4)15-5/h11,15H,6-10H2,1-5H3,(H,16,17). The van der Waals surface area contributed by atoms with Crippen LogP contribution >= 0.6 is 0 Å². The largest absolute Gasteiger partial charge is 0.381 e. The summed E-state index contributed by atoms with van der Waals surface area (Å²) >= 11 is 0. The predicted octanol–water partition coefficient (Wildman–Crippen LogP) is 1.55. The zero-order chi connectivity index (χ0) is 13.8. The molecule has 0 saturated carbocycles. The molecule has 0 bridgehead atoms. The van der Waals surface area contributed by atoms with E-state index < -0.39 is 5.54 Å². The van der Waals surface area contributed by atoms with Crippen molar-refractivity contribution in [3.05, 3.63) is 0 Å². The summed E-state index contributed by atoms with van der Waals surface area (Å²) in [5.74, 6) is 0.689. The van der Waals surface area contributed by atoms with Crippen LogP contribution in [0.25, 0.3) is 0 Å². The highest BCUT2D eigenvalue weighted by atomic mass is 16.5. The Labute approximate surface area is 111 Å². The molecule has 1 heterocycles. The summed E-state index contributed by atoms with van der Waals surface area (Å²) in [5, 5.41) is 6.09. The third kappa shape index (κ3) is 3.95. The minimum absolute atomic E-state index is 0.0603. The van der Waals surface area contributed by atoms with Crippen molar-refractivity contribution in [2.45, 2.75) is 46.1 Å². The first kappa shape index (κ1) is 15.4. The third-order valence-electron chi connectivity index (χ3n) is 4.22. The SMILES string of the molecule is CNC(C)(C)C(=O)NCC(C)(C)C1CCOCC1. The van der Waals surface area contributed by atoms with Gasteiger partial charge in [-0.05, 0) is 45.1 Å². The Hall–Kier alpha value is -0.610. The van der Waals surface area contributed by atoms with Crippen LogP contribution < -0.4 is 10.6 Å². The lowest BCUT2D eigenvalue weighted by Crippen LogP contribution is -2.53. The van der Waals surface area contributed by atoms with Gasteiger partial charge in [-0.1, -0.05) is 13.8 Å². The summed E-state index contributed by atoms with van der Waals surface area (Å²) in [5.41, 5.74) is -0.380. The fraction of sp³-hybridized carbons (Fsp3) is 0.929. The molecule has 0 aliphatic carbocycles. The molecule has 4 heteroatoms. The molecule has 0 aromatic heterocycles. The summed E-state index contributed by atoms with van der Waals surface area (Å²) in [6, 6.07) is 0. The fourth-order valence-electron chi connectivity index (χ4n) is 2.27. The second-order valence-corrected chi connectivity index (χ2v) is 6.43. The van der Waals surface area contributed by atoms with Crippen LogP contribution in [0.4, 0.5) is 0 Å². The van der Waals surface area contributed by atoms with Gasteiger partial charge >= 0.3 is 0 Å². The van der Waals surface area contributed by atoms with Crippen LogP contribution in [0.5, 0.6) is 0 Å². The monoisotopic (exact) mass is 256 g/mol. The summed E-state index contributed by atoms with van der Waals surface area (Å²) in [4.78, 5) is 12.0. The minimum Gasteiger partial charge on any atom is -0.381 e. The van der Waals surface area contributed by atoms with Crippen molar-refractivity contribution in [3.63, 3.8) is 0 Å². The van der Waals surface area contributed by atoms with Gasteiger partial charge in [-0.15, -0.1) is 0 Å². The maximum Gasteiger partial charge on any atom is 0.239 e. The van der Waals surface area contributed by atoms with E-state index in [9.17, 15) is 4.79 Å². The van der Waals surface area contributed by atoms with Crippen LogP contribution in [0.2, 0.25) is 0 Å². The first-order valence-electron chi connectivity index (χ1n) is 6.84. The average molecular weight is 256 g/mol. The molecule has 0 atom stereocenters. The van der Waals surface area contributed by atoms with E-state index in [0.29, 0.717) is 5.92 Å². The van der Waals surface area contributed by atoms with E-state index in [1.54, 1.807) is 0 Å². The number of nitrogens with one attached hydrogen (secondary N) is 2. The molecular formula is C14H28N2O2. The normalized spacial score (nSPS) is 18.7. The van der Waals surface area contributed by atoms with Gasteiger partial charge in [-0.2, -0.15) is 0 Å².